The third-order valence-corrected chi connectivity index (χ3v) is 3.60. The number of benzene rings is 2. The number of fused-ring (bicyclic) bond motifs is 1. The van der Waals surface area contributed by atoms with Crippen molar-refractivity contribution in [2.24, 2.45) is 0 Å². The minimum absolute atomic E-state index is 0.0540. The third-order valence-electron chi connectivity index (χ3n) is 3.29. The summed E-state index contributed by atoms with van der Waals surface area (Å²) in [7, 11) is 0. The molecule has 0 amide bonds. The van der Waals surface area contributed by atoms with Crippen molar-refractivity contribution in [2.75, 3.05) is 6.61 Å². The van der Waals surface area contributed by atoms with Gasteiger partial charge in [-0.25, -0.2) is 4.39 Å². The minimum atomic E-state index is -0.863. The molecule has 2 nitrogen and oxygen atoms in total. The lowest BCUT2D eigenvalue weighted by Crippen LogP contribution is -2.00. The number of hydrogen-bond donors (Lipinski definition) is 1. The highest BCUT2D eigenvalue weighted by Gasteiger charge is 2.17. The fourth-order valence-corrected chi connectivity index (χ4v) is 2.37. The normalized spacial score (nSPS) is 14.9. The number of aliphatic hydroxyl groups is 1. The molecule has 2 aromatic carbocycles. The van der Waals surface area contributed by atoms with Crippen molar-refractivity contribution in [1.82, 2.24) is 0 Å². The Bertz CT molecular complexity index is 628. The summed E-state index contributed by atoms with van der Waals surface area (Å²) in [5, 5.41) is 10.3. The Morgan fingerprint density at radius 1 is 1.16 bits per heavy atom. The van der Waals surface area contributed by atoms with E-state index in [-0.39, 0.29) is 5.02 Å². The molecule has 3 rings (SSSR count). The molecule has 0 spiro atoms. The van der Waals surface area contributed by atoms with Crippen molar-refractivity contribution in [3.8, 4) is 5.75 Å². The molecule has 1 heterocycles. The predicted octanol–water partition coefficient (Wildman–Crippen LogP) is 3.50. The Labute approximate surface area is 115 Å². The second-order valence-corrected chi connectivity index (χ2v) is 4.95. The summed E-state index contributed by atoms with van der Waals surface area (Å²) in [6.07, 6.45) is -0.0251. The minimum Gasteiger partial charge on any atom is -0.493 e. The van der Waals surface area contributed by atoms with E-state index in [2.05, 4.69) is 0 Å². The first-order valence-corrected chi connectivity index (χ1v) is 6.41. The standard InChI is InChI=1S/C15H12ClFO2/c16-12-3-1-11(8-13(12)17)15(18)10-2-4-14-9(7-10)5-6-19-14/h1-4,7-8,15,18H,5-6H2. The van der Waals surface area contributed by atoms with Crippen LogP contribution in [0.1, 0.15) is 22.8 Å². The van der Waals surface area contributed by atoms with Gasteiger partial charge in [0, 0.05) is 6.42 Å². The van der Waals surface area contributed by atoms with E-state index < -0.39 is 11.9 Å². The molecule has 0 radical (unpaired) electrons. The van der Waals surface area contributed by atoms with Crippen molar-refractivity contribution in [2.45, 2.75) is 12.5 Å². The molecule has 98 valence electrons. The summed E-state index contributed by atoms with van der Waals surface area (Å²) in [6.45, 7) is 0.671. The average molecular weight is 279 g/mol. The van der Waals surface area contributed by atoms with Gasteiger partial charge in [0.2, 0.25) is 0 Å². The molecule has 1 N–H and O–H groups in total. The maximum Gasteiger partial charge on any atom is 0.142 e. The summed E-state index contributed by atoms with van der Waals surface area (Å²) >= 11 is 5.63. The second kappa shape index (κ2) is 4.83. The molecular weight excluding hydrogens is 267 g/mol. The number of ether oxygens (including phenoxy) is 1. The summed E-state index contributed by atoms with van der Waals surface area (Å²) in [4.78, 5) is 0. The lowest BCUT2D eigenvalue weighted by molar-refractivity contribution is 0.219. The molecule has 0 bridgehead atoms. The molecule has 0 saturated heterocycles. The summed E-state index contributed by atoms with van der Waals surface area (Å²) in [5.74, 6) is 0.334. The van der Waals surface area contributed by atoms with Gasteiger partial charge in [0.05, 0.1) is 11.6 Å². The molecule has 0 aromatic heterocycles. The van der Waals surface area contributed by atoms with Gasteiger partial charge in [0.25, 0.3) is 0 Å². The Balaban J connectivity index is 1.94. The molecule has 1 atom stereocenters. The Kier molecular flexibility index (Phi) is 3.17. The second-order valence-electron chi connectivity index (χ2n) is 4.54. The van der Waals surface area contributed by atoms with E-state index >= 15 is 0 Å². The van der Waals surface area contributed by atoms with Crippen LogP contribution in [0.5, 0.6) is 5.75 Å². The molecule has 19 heavy (non-hydrogen) atoms. The van der Waals surface area contributed by atoms with Crippen LogP contribution in [-0.4, -0.2) is 11.7 Å². The SMILES string of the molecule is OC(c1ccc(Cl)c(F)c1)c1ccc2c(c1)CCO2. The summed E-state index contributed by atoms with van der Waals surface area (Å²) < 4.78 is 18.8. The van der Waals surface area contributed by atoms with Crippen LogP contribution in [0.3, 0.4) is 0 Å². The molecule has 2 aromatic rings. The number of aliphatic hydroxyl groups excluding tert-OH is 1. The lowest BCUT2D eigenvalue weighted by atomic mass is 9.99. The van der Waals surface area contributed by atoms with E-state index in [0.717, 1.165) is 23.3 Å². The molecule has 1 unspecified atom stereocenters. The van der Waals surface area contributed by atoms with Crippen LogP contribution in [0.25, 0.3) is 0 Å². The maximum absolute atomic E-state index is 13.4. The molecule has 1 aliphatic rings. The fraction of sp³-hybridized carbons (Fsp3) is 0.200. The van der Waals surface area contributed by atoms with Crippen LogP contribution < -0.4 is 4.74 Å². The largest absolute Gasteiger partial charge is 0.493 e. The number of hydrogen-bond acceptors (Lipinski definition) is 2. The van der Waals surface area contributed by atoms with Crippen LogP contribution >= 0.6 is 11.6 Å². The molecule has 0 fully saturated rings. The zero-order chi connectivity index (χ0) is 13.4. The van der Waals surface area contributed by atoms with Crippen LogP contribution in [0.2, 0.25) is 5.02 Å². The van der Waals surface area contributed by atoms with Crippen molar-refractivity contribution < 1.29 is 14.2 Å². The number of halogens is 2. The van der Waals surface area contributed by atoms with Gasteiger partial charge >= 0.3 is 0 Å². The average Bonchev–Trinajstić information content (AvgIpc) is 2.88. The van der Waals surface area contributed by atoms with Gasteiger partial charge in [0.1, 0.15) is 17.7 Å². The number of rotatable bonds is 2. The van der Waals surface area contributed by atoms with Gasteiger partial charge < -0.3 is 9.84 Å². The monoisotopic (exact) mass is 278 g/mol. The predicted molar refractivity (Wildman–Crippen MR) is 71.1 cm³/mol. The molecule has 4 heteroatoms. The summed E-state index contributed by atoms with van der Waals surface area (Å²) in [5.41, 5.74) is 2.29. The van der Waals surface area contributed by atoms with Crippen LogP contribution in [-0.2, 0) is 6.42 Å². The van der Waals surface area contributed by atoms with Crippen molar-refractivity contribution in [3.05, 3.63) is 63.9 Å². The van der Waals surface area contributed by atoms with Gasteiger partial charge in [0.15, 0.2) is 0 Å². The highest BCUT2D eigenvalue weighted by atomic mass is 35.5. The van der Waals surface area contributed by atoms with Crippen molar-refractivity contribution in [3.63, 3.8) is 0 Å². The highest BCUT2D eigenvalue weighted by molar-refractivity contribution is 6.30. The van der Waals surface area contributed by atoms with Gasteiger partial charge in [-0.05, 0) is 41.0 Å². The first-order chi connectivity index (χ1) is 9.15. The van der Waals surface area contributed by atoms with Gasteiger partial charge in [-0.1, -0.05) is 23.7 Å². The molecule has 0 aliphatic carbocycles. The third kappa shape index (κ3) is 2.31. The van der Waals surface area contributed by atoms with E-state index in [1.165, 1.54) is 12.1 Å². The Morgan fingerprint density at radius 2 is 1.89 bits per heavy atom. The first kappa shape index (κ1) is 12.5. The van der Waals surface area contributed by atoms with Crippen molar-refractivity contribution >= 4 is 11.6 Å². The van der Waals surface area contributed by atoms with E-state index in [4.69, 9.17) is 16.3 Å². The van der Waals surface area contributed by atoms with Crippen LogP contribution in [0, 0.1) is 5.82 Å². The molecule has 0 saturated carbocycles. The van der Waals surface area contributed by atoms with E-state index in [1.54, 1.807) is 12.1 Å². The summed E-state index contributed by atoms with van der Waals surface area (Å²) in [6, 6.07) is 9.87. The van der Waals surface area contributed by atoms with Gasteiger partial charge in [-0.3, -0.25) is 0 Å². The fourth-order valence-electron chi connectivity index (χ4n) is 2.25. The van der Waals surface area contributed by atoms with Gasteiger partial charge in [-0.15, -0.1) is 0 Å². The smallest absolute Gasteiger partial charge is 0.142 e. The van der Waals surface area contributed by atoms with E-state index in [0.29, 0.717) is 12.2 Å². The van der Waals surface area contributed by atoms with Crippen molar-refractivity contribution in [1.29, 1.82) is 0 Å². The van der Waals surface area contributed by atoms with E-state index in [1.807, 2.05) is 12.1 Å². The van der Waals surface area contributed by atoms with Crippen LogP contribution in [0.4, 0.5) is 4.39 Å². The topological polar surface area (TPSA) is 29.5 Å². The zero-order valence-corrected chi connectivity index (χ0v) is 10.8. The lowest BCUT2D eigenvalue weighted by Gasteiger charge is -2.13. The zero-order valence-electron chi connectivity index (χ0n) is 10.1. The Morgan fingerprint density at radius 3 is 2.68 bits per heavy atom. The first-order valence-electron chi connectivity index (χ1n) is 6.04. The van der Waals surface area contributed by atoms with Gasteiger partial charge in [-0.2, -0.15) is 0 Å². The molecular formula is C15H12ClFO2. The Hall–Kier alpha value is -1.58. The quantitative estimate of drug-likeness (QED) is 0.911. The maximum atomic E-state index is 13.4. The molecule has 1 aliphatic heterocycles. The van der Waals surface area contributed by atoms with E-state index in [9.17, 15) is 9.50 Å². The highest BCUT2D eigenvalue weighted by Crippen LogP contribution is 2.31. The van der Waals surface area contributed by atoms with Crippen LogP contribution in [0.15, 0.2) is 36.4 Å².